The monoisotopic (exact) mass is 429 g/mol. The van der Waals surface area contributed by atoms with Gasteiger partial charge in [-0.25, -0.2) is 8.42 Å². The quantitative estimate of drug-likeness (QED) is 0.734. The number of nitrogens with one attached hydrogen (secondary N) is 1. The number of anilines is 1. The van der Waals surface area contributed by atoms with E-state index in [1.807, 2.05) is 49.1 Å². The van der Waals surface area contributed by atoms with E-state index in [-0.39, 0.29) is 12.5 Å². The Labute approximate surface area is 179 Å². The molecular formula is C23H31N3O3S. The number of amides is 1. The van der Waals surface area contributed by atoms with E-state index in [1.54, 1.807) is 12.1 Å². The minimum atomic E-state index is -3.50. The predicted molar refractivity (Wildman–Crippen MR) is 120 cm³/mol. The summed E-state index contributed by atoms with van der Waals surface area (Å²) < 4.78 is 27.4. The highest BCUT2D eigenvalue weighted by Gasteiger charge is 2.29. The van der Waals surface area contributed by atoms with Crippen molar-refractivity contribution >= 4 is 21.6 Å². The van der Waals surface area contributed by atoms with Crippen molar-refractivity contribution in [3.05, 3.63) is 59.2 Å². The lowest BCUT2D eigenvalue weighted by Crippen LogP contribution is -2.50. The minimum Gasteiger partial charge on any atom is -0.325 e. The van der Waals surface area contributed by atoms with E-state index in [2.05, 4.69) is 12.2 Å². The zero-order valence-corrected chi connectivity index (χ0v) is 18.8. The smallest absolute Gasteiger partial charge is 0.243 e. The molecule has 0 radical (unpaired) electrons. The normalized spacial score (nSPS) is 15.8. The molecule has 7 heteroatoms. The number of sulfonamides is 1. The first-order valence-electron chi connectivity index (χ1n) is 10.5. The molecule has 2 aromatic rings. The van der Waals surface area contributed by atoms with E-state index in [1.165, 1.54) is 4.31 Å². The van der Waals surface area contributed by atoms with E-state index in [9.17, 15) is 13.2 Å². The first kappa shape index (κ1) is 22.5. The van der Waals surface area contributed by atoms with Crippen LogP contribution in [0.15, 0.2) is 47.4 Å². The van der Waals surface area contributed by atoms with Crippen molar-refractivity contribution in [2.24, 2.45) is 0 Å². The van der Waals surface area contributed by atoms with Crippen LogP contribution in [0.2, 0.25) is 0 Å². The zero-order chi connectivity index (χ0) is 21.7. The van der Waals surface area contributed by atoms with Gasteiger partial charge in [0, 0.05) is 31.9 Å². The molecule has 1 amide bonds. The van der Waals surface area contributed by atoms with Crippen molar-refractivity contribution in [2.45, 2.75) is 38.5 Å². The standard InChI is InChI=1S/C23H31N3O3S/c1-4-6-20-9-11-21(12-10-20)30(28,29)26-15-13-25(14-16-26)17-23(27)24-22-8-5-7-18(2)19(22)3/h5,7-12H,4,6,13-17H2,1-3H3,(H,24,27). The summed E-state index contributed by atoms with van der Waals surface area (Å²) in [5.41, 5.74) is 4.17. The van der Waals surface area contributed by atoms with Gasteiger partial charge in [0.15, 0.2) is 0 Å². The molecule has 6 nitrogen and oxygen atoms in total. The van der Waals surface area contributed by atoms with Crippen LogP contribution in [0.3, 0.4) is 0 Å². The molecule has 1 heterocycles. The Morgan fingerprint density at radius 3 is 2.30 bits per heavy atom. The maximum atomic E-state index is 12.9. The number of nitrogens with zero attached hydrogens (tertiary/aromatic N) is 2. The van der Waals surface area contributed by atoms with E-state index in [0.717, 1.165) is 35.2 Å². The second kappa shape index (κ2) is 9.73. The highest BCUT2D eigenvalue weighted by atomic mass is 32.2. The molecule has 162 valence electrons. The van der Waals surface area contributed by atoms with Crippen molar-refractivity contribution in [1.29, 1.82) is 0 Å². The summed E-state index contributed by atoms with van der Waals surface area (Å²) in [6.45, 7) is 8.21. The largest absolute Gasteiger partial charge is 0.325 e. The third-order valence-electron chi connectivity index (χ3n) is 5.68. The zero-order valence-electron chi connectivity index (χ0n) is 18.0. The Morgan fingerprint density at radius 2 is 1.67 bits per heavy atom. The summed E-state index contributed by atoms with van der Waals surface area (Å²) >= 11 is 0. The lowest BCUT2D eigenvalue weighted by molar-refractivity contribution is -0.117. The fourth-order valence-electron chi connectivity index (χ4n) is 3.67. The van der Waals surface area contributed by atoms with Crippen LogP contribution in [0.5, 0.6) is 0 Å². The van der Waals surface area contributed by atoms with Crippen molar-refractivity contribution in [3.8, 4) is 0 Å². The van der Waals surface area contributed by atoms with Gasteiger partial charge in [-0.15, -0.1) is 0 Å². The summed E-state index contributed by atoms with van der Waals surface area (Å²) in [4.78, 5) is 14.8. The average molecular weight is 430 g/mol. The Bertz CT molecular complexity index is 979. The predicted octanol–water partition coefficient (Wildman–Crippen LogP) is 3.20. The molecule has 0 aliphatic carbocycles. The van der Waals surface area contributed by atoms with Gasteiger partial charge in [0.2, 0.25) is 15.9 Å². The van der Waals surface area contributed by atoms with Gasteiger partial charge in [-0.1, -0.05) is 37.6 Å². The molecule has 3 rings (SSSR count). The molecule has 1 fully saturated rings. The third-order valence-corrected chi connectivity index (χ3v) is 7.59. The lowest BCUT2D eigenvalue weighted by atomic mass is 10.1. The van der Waals surface area contributed by atoms with Crippen LogP contribution in [-0.2, 0) is 21.2 Å². The van der Waals surface area contributed by atoms with Gasteiger partial charge in [-0.2, -0.15) is 4.31 Å². The number of piperazine rings is 1. The van der Waals surface area contributed by atoms with Crippen molar-refractivity contribution in [2.75, 3.05) is 38.0 Å². The van der Waals surface area contributed by atoms with Crippen LogP contribution in [0, 0.1) is 13.8 Å². The van der Waals surface area contributed by atoms with E-state index < -0.39 is 10.0 Å². The Hall–Kier alpha value is -2.22. The van der Waals surface area contributed by atoms with Gasteiger partial charge >= 0.3 is 0 Å². The maximum absolute atomic E-state index is 12.9. The topological polar surface area (TPSA) is 69.7 Å². The summed E-state index contributed by atoms with van der Waals surface area (Å²) in [6, 6.07) is 13.0. The first-order chi connectivity index (χ1) is 14.3. The SMILES string of the molecule is CCCc1ccc(S(=O)(=O)N2CCN(CC(=O)Nc3cccc(C)c3C)CC2)cc1. The summed E-state index contributed by atoms with van der Waals surface area (Å²) in [5.74, 6) is -0.0773. The van der Waals surface area contributed by atoms with E-state index in [0.29, 0.717) is 31.1 Å². The third kappa shape index (κ3) is 5.28. The number of aryl methyl sites for hydroxylation is 2. The van der Waals surface area contributed by atoms with E-state index in [4.69, 9.17) is 0 Å². The molecule has 30 heavy (non-hydrogen) atoms. The molecule has 1 N–H and O–H groups in total. The summed E-state index contributed by atoms with van der Waals surface area (Å²) in [7, 11) is -3.50. The molecule has 0 spiro atoms. The van der Waals surface area contributed by atoms with Gasteiger partial charge in [0.25, 0.3) is 0 Å². The molecule has 1 aliphatic heterocycles. The summed E-state index contributed by atoms with van der Waals surface area (Å²) in [6.07, 6.45) is 1.98. The van der Waals surface area contributed by atoms with Crippen LogP contribution < -0.4 is 5.32 Å². The maximum Gasteiger partial charge on any atom is 0.243 e. The number of hydrogen-bond acceptors (Lipinski definition) is 4. The Balaban J connectivity index is 1.55. The number of hydrogen-bond donors (Lipinski definition) is 1. The molecule has 1 aliphatic rings. The van der Waals surface area contributed by atoms with Crippen LogP contribution in [0.1, 0.15) is 30.0 Å². The molecule has 0 saturated carbocycles. The second-order valence-electron chi connectivity index (χ2n) is 7.87. The second-order valence-corrected chi connectivity index (χ2v) is 9.81. The fourth-order valence-corrected chi connectivity index (χ4v) is 5.10. The van der Waals surface area contributed by atoms with Gasteiger partial charge < -0.3 is 5.32 Å². The van der Waals surface area contributed by atoms with Crippen LogP contribution in [-0.4, -0.2) is 56.3 Å². The van der Waals surface area contributed by atoms with Crippen LogP contribution in [0.4, 0.5) is 5.69 Å². The molecule has 1 saturated heterocycles. The molecule has 0 aromatic heterocycles. The number of rotatable bonds is 7. The van der Waals surface area contributed by atoms with Gasteiger partial charge in [-0.05, 0) is 55.2 Å². The average Bonchev–Trinajstić information content (AvgIpc) is 2.72. The van der Waals surface area contributed by atoms with Crippen molar-refractivity contribution in [1.82, 2.24) is 9.21 Å². The van der Waals surface area contributed by atoms with Crippen molar-refractivity contribution < 1.29 is 13.2 Å². The molecule has 0 unspecified atom stereocenters. The Kier molecular flexibility index (Phi) is 7.28. The van der Waals surface area contributed by atoms with Crippen LogP contribution >= 0.6 is 0 Å². The van der Waals surface area contributed by atoms with Crippen LogP contribution in [0.25, 0.3) is 0 Å². The van der Waals surface area contributed by atoms with Gasteiger partial charge in [-0.3, -0.25) is 9.69 Å². The lowest BCUT2D eigenvalue weighted by Gasteiger charge is -2.33. The molecular weight excluding hydrogens is 398 g/mol. The highest BCUT2D eigenvalue weighted by molar-refractivity contribution is 7.89. The first-order valence-corrected chi connectivity index (χ1v) is 11.9. The minimum absolute atomic E-state index is 0.0773. The van der Waals surface area contributed by atoms with Crippen molar-refractivity contribution in [3.63, 3.8) is 0 Å². The summed E-state index contributed by atoms with van der Waals surface area (Å²) in [5, 5.41) is 2.97. The Morgan fingerprint density at radius 1 is 1.00 bits per heavy atom. The number of benzene rings is 2. The fraction of sp³-hybridized carbons (Fsp3) is 0.435. The number of carbonyl (C=O) groups excluding carboxylic acids is 1. The highest BCUT2D eigenvalue weighted by Crippen LogP contribution is 2.20. The van der Waals surface area contributed by atoms with E-state index >= 15 is 0 Å². The van der Waals surface area contributed by atoms with Gasteiger partial charge in [0.1, 0.15) is 0 Å². The molecule has 0 atom stereocenters. The molecule has 0 bridgehead atoms. The number of carbonyl (C=O) groups is 1. The van der Waals surface area contributed by atoms with Gasteiger partial charge in [0.05, 0.1) is 11.4 Å². The molecule has 2 aromatic carbocycles.